The number of nitrogens with zero attached hydrogens (tertiary/aromatic N) is 2. The molecule has 148 valence electrons. The van der Waals surface area contributed by atoms with E-state index in [4.69, 9.17) is 4.42 Å². The number of aromatic nitrogens is 2. The average Bonchev–Trinajstić information content (AvgIpc) is 3.28. The third-order valence-corrected chi connectivity index (χ3v) is 6.14. The van der Waals surface area contributed by atoms with Gasteiger partial charge in [0.05, 0.1) is 5.39 Å². The molecule has 0 spiro atoms. The molecule has 0 aliphatic carbocycles. The Kier molecular flexibility index (Phi) is 4.25. The summed E-state index contributed by atoms with van der Waals surface area (Å²) in [5.74, 6) is -0.326. The van der Waals surface area contributed by atoms with E-state index in [2.05, 4.69) is 10.4 Å². The highest BCUT2D eigenvalue weighted by atomic mass is 32.1. The van der Waals surface area contributed by atoms with Crippen LogP contribution < -0.4 is 11.0 Å². The largest absolute Gasteiger partial charge is 0.451 e. The molecule has 3 aromatic heterocycles. The zero-order chi connectivity index (χ0) is 20.8. The molecule has 0 unspecified atom stereocenters. The molecule has 0 bridgehead atoms. The Balaban J connectivity index is 1.60. The van der Waals surface area contributed by atoms with Gasteiger partial charge in [0.2, 0.25) is 0 Å². The standard InChI is InChI=1S/C23H17N3O3S/c1-13-16-10-6-7-11-17(16)29-20(13)21(27)25-26-12-24-22-19(23(26)28)18(14(2)30-22)15-8-4-3-5-9-15/h3-12H,1-2H3,(H,25,27). The van der Waals surface area contributed by atoms with E-state index in [1.165, 1.54) is 17.7 Å². The second-order valence-electron chi connectivity index (χ2n) is 6.99. The Morgan fingerprint density at radius 1 is 1.07 bits per heavy atom. The Labute approximate surface area is 175 Å². The average molecular weight is 415 g/mol. The molecule has 30 heavy (non-hydrogen) atoms. The van der Waals surface area contributed by atoms with Crippen molar-refractivity contribution >= 4 is 38.4 Å². The number of hydrogen-bond donors (Lipinski definition) is 1. The van der Waals surface area contributed by atoms with Crippen LogP contribution in [0, 0.1) is 13.8 Å². The van der Waals surface area contributed by atoms with Gasteiger partial charge in [0.25, 0.3) is 5.56 Å². The van der Waals surface area contributed by atoms with Gasteiger partial charge in [-0.25, -0.2) is 9.66 Å². The molecule has 0 atom stereocenters. The normalized spacial score (nSPS) is 11.3. The minimum atomic E-state index is -0.500. The molecule has 5 aromatic rings. The fraction of sp³-hybridized carbons (Fsp3) is 0.0870. The maximum absolute atomic E-state index is 13.2. The third-order valence-electron chi connectivity index (χ3n) is 5.12. The van der Waals surface area contributed by atoms with E-state index < -0.39 is 5.91 Å². The van der Waals surface area contributed by atoms with Crippen LogP contribution >= 0.6 is 11.3 Å². The molecule has 1 N–H and O–H groups in total. The van der Waals surface area contributed by atoms with Crippen LogP contribution in [0.2, 0.25) is 0 Å². The highest BCUT2D eigenvalue weighted by Crippen LogP contribution is 2.35. The zero-order valence-corrected chi connectivity index (χ0v) is 17.1. The van der Waals surface area contributed by atoms with E-state index in [0.29, 0.717) is 15.8 Å². The Morgan fingerprint density at radius 3 is 2.57 bits per heavy atom. The molecule has 1 amide bonds. The Bertz CT molecular complexity index is 1480. The number of hydrogen-bond acceptors (Lipinski definition) is 5. The van der Waals surface area contributed by atoms with Crippen LogP contribution in [0.25, 0.3) is 32.3 Å². The second kappa shape index (κ2) is 6.96. The van der Waals surface area contributed by atoms with Gasteiger partial charge in [0.1, 0.15) is 16.7 Å². The van der Waals surface area contributed by atoms with Gasteiger partial charge in [-0.3, -0.25) is 15.0 Å². The van der Waals surface area contributed by atoms with Crippen molar-refractivity contribution in [2.45, 2.75) is 13.8 Å². The summed E-state index contributed by atoms with van der Waals surface area (Å²) in [5.41, 5.74) is 5.43. The maximum Gasteiger partial charge on any atom is 0.306 e. The summed E-state index contributed by atoms with van der Waals surface area (Å²) in [6, 6.07) is 17.1. The molecule has 3 heterocycles. The molecular weight excluding hydrogens is 398 g/mol. The summed E-state index contributed by atoms with van der Waals surface area (Å²) >= 11 is 1.46. The first-order valence-corrected chi connectivity index (χ1v) is 10.2. The first-order valence-electron chi connectivity index (χ1n) is 9.40. The molecule has 0 radical (unpaired) electrons. The van der Waals surface area contributed by atoms with Crippen molar-refractivity contribution in [3.05, 3.63) is 87.5 Å². The predicted octanol–water partition coefficient (Wildman–Crippen LogP) is 4.87. The predicted molar refractivity (Wildman–Crippen MR) is 119 cm³/mol. The molecule has 7 heteroatoms. The number of furan rings is 1. The number of fused-ring (bicyclic) bond motifs is 2. The van der Waals surface area contributed by atoms with E-state index in [1.54, 1.807) is 6.07 Å². The molecule has 2 aromatic carbocycles. The molecular formula is C23H17N3O3S. The first-order chi connectivity index (χ1) is 14.5. The van der Waals surface area contributed by atoms with Crippen LogP contribution in [0.3, 0.4) is 0 Å². The lowest BCUT2D eigenvalue weighted by Crippen LogP contribution is -2.33. The minimum Gasteiger partial charge on any atom is -0.451 e. The first kappa shape index (κ1) is 18.3. The molecule has 0 aliphatic rings. The minimum absolute atomic E-state index is 0.174. The van der Waals surface area contributed by atoms with Crippen molar-refractivity contribution in [2.75, 3.05) is 5.43 Å². The van der Waals surface area contributed by atoms with E-state index in [0.717, 1.165) is 31.6 Å². The van der Waals surface area contributed by atoms with Gasteiger partial charge in [0, 0.05) is 21.4 Å². The maximum atomic E-state index is 13.2. The van der Waals surface area contributed by atoms with Crippen LogP contribution in [-0.4, -0.2) is 15.6 Å². The van der Waals surface area contributed by atoms with E-state index in [1.807, 2.05) is 62.4 Å². The van der Waals surface area contributed by atoms with E-state index in [-0.39, 0.29) is 11.3 Å². The number of para-hydroxylation sites is 1. The smallest absolute Gasteiger partial charge is 0.306 e. The van der Waals surface area contributed by atoms with Crippen LogP contribution in [0.4, 0.5) is 0 Å². The summed E-state index contributed by atoms with van der Waals surface area (Å²) in [6.07, 6.45) is 1.34. The monoisotopic (exact) mass is 415 g/mol. The summed E-state index contributed by atoms with van der Waals surface area (Å²) in [7, 11) is 0. The van der Waals surface area contributed by atoms with Crippen LogP contribution in [0.15, 0.2) is 70.1 Å². The lowest BCUT2D eigenvalue weighted by atomic mass is 10.0. The van der Waals surface area contributed by atoms with Crippen molar-refractivity contribution in [1.29, 1.82) is 0 Å². The molecule has 0 saturated carbocycles. The number of carbonyl (C=O) groups is 1. The van der Waals surface area contributed by atoms with Gasteiger partial charge in [-0.15, -0.1) is 11.3 Å². The van der Waals surface area contributed by atoms with Crippen molar-refractivity contribution in [3.63, 3.8) is 0 Å². The van der Waals surface area contributed by atoms with Gasteiger partial charge in [-0.05, 0) is 25.5 Å². The fourth-order valence-corrected chi connectivity index (χ4v) is 4.69. The fourth-order valence-electron chi connectivity index (χ4n) is 3.69. The number of aryl methyl sites for hydroxylation is 2. The van der Waals surface area contributed by atoms with Gasteiger partial charge in [0.15, 0.2) is 5.76 Å². The Hall–Kier alpha value is -3.71. The highest BCUT2D eigenvalue weighted by molar-refractivity contribution is 7.19. The molecule has 6 nitrogen and oxygen atoms in total. The summed E-state index contributed by atoms with van der Waals surface area (Å²) in [6.45, 7) is 3.79. The van der Waals surface area contributed by atoms with Gasteiger partial charge in [-0.2, -0.15) is 0 Å². The van der Waals surface area contributed by atoms with Crippen LogP contribution in [0.5, 0.6) is 0 Å². The summed E-state index contributed by atoms with van der Waals surface area (Å²) < 4.78 is 6.83. The number of amides is 1. The number of nitrogens with one attached hydrogen (secondary N) is 1. The van der Waals surface area contributed by atoms with Crippen molar-refractivity contribution < 1.29 is 9.21 Å². The number of thiophene rings is 1. The molecule has 0 saturated heterocycles. The lowest BCUT2D eigenvalue weighted by Gasteiger charge is -2.07. The Morgan fingerprint density at radius 2 is 1.80 bits per heavy atom. The SMILES string of the molecule is Cc1sc2ncn(NC(=O)c3oc4ccccc4c3C)c(=O)c2c1-c1ccccc1. The van der Waals surface area contributed by atoms with Crippen LogP contribution in [0.1, 0.15) is 21.0 Å². The summed E-state index contributed by atoms with van der Waals surface area (Å²) in [4.78, 5) is 32.1. The highest BCUT2D eigenvalue weighted by Gasteiger charge is 2.20. The van der Waals surface area contributed by atoms with Crippen molar-refractivity contribution in [1.82, 2.24) is 9.66 Å². The molecule has 0 fully saturated rings. The third kappa shape index (κ3) is 2.83. The van der Waals surface area contributed by atoms with Gasteiger partial charge < -0.3 is 4.42 Å². The van der Waals surface area contributed by atoms with Crippen molar-refractivity contribution in [2.24, 2.45) is 0 Å². The molecule has 5 rings (SSSR count). The summed E-state index contributed by atoms with van der Waals surface area (Å²) in [5, 5.41) is 1.36. The molecule has 0 aliphatic heterocycles. The van der Waals surface area contributed by atoms with Gasteiger partial charge in [-0.1, -0.05) is 48.5 Å². The van der Waals surface area contributed by atoms with Gasteiger partial charge >= 0.3 is 5.91 Å². The quantitative estimate of drug-likeness (QED) is 0.456. The number of benzene rings is 2. The number of rotatable bonds is 3. The van der Waals surface area contributed by atoms with E-state index >= 15 is 0 Å². The van der Waals surface area contributed by atoms with Crippen LogP contribution in [-0.2, 0) is 0 Å². The van der Waals surface area contributed by atoms with Crippen molar-refractivity contribution in [3.8, 4) is 11.1 Å². The zero-order valence-electron chi connectivity index (χ0n) is 16.3. The van der Waals surface area contributed by atoms with E-state index in [9.17, 15) is 9.59 Å². The number of carbonyl (C=O) groups excluding carboxylic acids is 1. The topological polar surface area (TPSA) is 77.1 Å². The lowest BCUT2D eigenvalue weighted by molar-refractivity contribution is 0.0982. The second-order valence-corrected chi connectivity index (χ2v) is 8.20.